The number of carbonyl (C=O) groups excluding carboxylic acids is 1. The second-order valence-electron chi connectivity index (χ2n) is 3.45. The lowest BCUT2D eigenvalue weighted by Gasteiger charge is -2.12. The van der Waals surface area contributed by atoms with Crippen LogP contribution >= 0.6 is 0 Å². The van der Waals surface area contributed by atoms with Gasteiger partial charge in [-0.15, -0.1) is 0 Å². The second kappa shape index (κ2) is 4.22. The molecule has 0 N–H and O–H groups in total. The largest absolute Gasteiger partial charge is 0.291 e. The Hall–Kier alpha value is -1.38. The topological polar surface area (TPSA) is 39.1 Å². The van der Waals surface area contributed by atoms with Gasteiger partial charge in [0.15, 0.2) is 5.43 Å². The Morgan fingerprint density at radius 2 is 2.07 bits per heavy atom. The summed E-state index contributed by atoms with van der Waals surface area (Å²) in [4.78, 5) is 22.3. The first-order valence-corrected chi connectivity index (χ1v) is 4.78. The summed E-state index contributed by atoms with van der Waals surface area (Å²) in [5.41, 5.74) is 2.25. The summed E-state index contributed by atoms with van der Waals surface area (Å²) in [7, 11) is 0. The number of hydrogen-bond acceptors (Lipinski definition) is 2. The summed E-state index contributed by atoms with van der Waals surface area (Å²) in [6.07, 6.45) is 2.46. The van der Waals surface area contributed by atoms with Crippen molar-refractivity contribution in [2.45, 2.75) is 33.6 Å². The zero-order chi connectivity index (χ0) is 10.7. The normalized spacial score (nSPS) is 10.2. The van der Waals surface area contributed by atoms with Gasteiger partial charge in [0.1, 0.15) is 0 Å². The Morgan fingerprint density at radius 1 is 1.43 bits per heavy atom. The van der Waals surface area contributed by atoms with E-state index < -0.39 is 0 Å². The number of hydrogen-bond donors (Lipinski definition) is 0. The maximum absolute atomic E-state index is 11.5. The van der Waals surface area contributed by atoms with E-state index in [-0.39, 0.29) is 5.43 Å². The summed E-state index contributed by atoms with van der Waals surface area (Å²) in [5, 5.41) is 0. The quantitative estimate of drug-likeness (QED) is 0.682. The van der Waals surface area contributed by atoms with Crippen LogP contribution in [0.3, 0.4) is 0 Å². The molecular weight excluding hydrogens is 178 g/mol. The van der Waals surface area contributed by atoms with Crippen LogP contribution < -0.4 is 5.43 Å². The fourth-order valence-electron chi connectivity index (χ4n) is 1.59. The minimum atomic E-state index is 0.0176. The van der Waals surface area contributed by atoms with Crippen molar-refractivity contribution in [3.05, 3.63) is 33.2 Å². The molecule has 3 heteroatoms. The molecule has 1 aromatic heterocycles. The lowest BCUT2D eigenvalue weighted by molar-refractivity contribution is 0.542. The van der Waals surface area contributed by atoms with Crippen LogP contribution in [0, 0.1) is 13.8 Å². The minimum Gasteiger partial charge on any atom is -0.291 e. The zero-order valence-electron chi connectivity index (χ0n) is 8.83. The van der Waals surface area contributed by atoms with E-state index in [0.29, 0.717) is 11.3 Å². The van der Waals surface area contributed by atoms with E-state index in [1.807, 2.05) is 6.92 Å². The number of carbonyl (C=O) groups is 1. The molecule has 0 saturated heterocycles. The predicted octanol–water partition coefficient (Wildman–Crippen LogP) is 1.46. The van der Waals surface area contributed by atoms with E-state index >= 15 is 0 Å². The van der Waals surface area contributed by atoms with Crippen molar-refractivity contribution in [1.82, 2.24) is 4.57 Å². The lowest BCUT2D eigenvalue weighted by Crippen LogP contribution is -2.18. The van der Waals surface area contributed by atoms with Gasteiger partial charge in [0.05, 0.1) is 0 Å². The molecular formula is C11H15NO2. The van der Waals surface area contributed by atoms with Crippen molar-refractivity contribution in [3.8, 4) is 0 Å². The molecule has 0 aliphatic rings. The number of pyridine rings is 1. The summed E-state index contributed by atoms with van der Waals surface area (Å²) in [6, 6.07) is 1.50. The maximum atomic E-state index is 11.5. The van der Waals surface area contributed by atoms with Crippen molar-refractivity contribution < 1.29 is 4.79 Å². The average Bonchev–Trinajstić information content (AvgIpc) is 2.14. The molecule has 1 aromatic rings. The van der Waals surface area contributed by atoms with Gasteiger partial charge in [-0.25, -0.2) is 0 Å². The minimum absolute atomic E-state index is 0.0176. The number of rotatable bonds is 3. The first kappa shape index (κ1) is 10.7. The van der Waals surface area contributed by atoms with E-state index in [1.165, 1.54) is 6.07 Å². The molecule has 0 fully saturated rings. The van der Waals surface area contributed by atoms with Gasteiger partial charge in [0.2, 0.25) is 6.41 Å². The molecule has 3 nitrogen and oxygen atoms in total. The van der Waals surface area contributed by atoms with Crippen molar-refractivity contribution >= 4 is 6.41 Å². The molecule has 0 radical (unpaired) electrons. The van der Waals surface area contributed by atoms with E-state index in [4.69, 9.17) is 0 Å². The van der Waals surface area contributed by atoms with Gasteiger partial charge >= 0.3 is 0 Å². The maximum Gasteiger partial charge on any atom is 0.218 e. The van der Waals surface area contributed by atoms with Crippen LogP contribution in [0.15, 0.2) is 10.9 Å². The second-order valence-corrected chi connectivity index (χ2v) is 3.45. The van der Waals surface area contributed by atoms with Crippen molar-refractivity contribution in [2.24, 2.45) is 0 Å². The van der Waals surface area contributed by atoms with Gasteiger partial charge in [-0.3, -0.25) is 14.2 Å². The Kier molecular flexibility index (Phi) is 3.23. The van der Waals surface area contributed by atoms with Crippen LogP contribution in [0.4, 0.5) is 0 Å². The predicted molar refractivity (Wildman–Crippen MR) is 56.3 cm³/mol. The molecule has 14 heavy (non-hydrogen) atoms. The van der Waals surface area contributed by atoms with Crippen LogP contribution in [0.5, 0.6) is 0 Å². The highest BCUT2D eigenvalue weighted by molar-refractivity contribution is 5.56. The van der Waals surface area contributed by atoms with Crippen LogP contribution in [0.25, 0.3) is 0 Å². The first-order chi connectivity index (χ1) is 6.61. The summed E-state index contributed by atoms with van der Waals surface area (Å²) in [6.45, 7) is 5.57. The van der Waals surface area contributed by atoms with Crippen molar-refractivity contribution in [2.75, 3.05) is 0 Å². The molecule has 0 aliphatic carbocycles. The van der Waals surface area contributed by atoms with Crippen LogP contribution in [0.2, 0.25) is 0 Å². The molecule has 0 bridgehead atoms. The monoisotopic (exact) mass is 193 g/mol. The standard InChI is InChI=1S/C11H15NO2/c1-4-5-10-9(3)11(14)6-8(2)12(10)7-13/h6-7H,4-5H2,1-3H3. The molecule has 0 aliphatic heterocycles. The summed E-state index contributed by atoms with van der Waals surface area (Å²) >= 11 is 0. The average molecular weight is 193 g/mol. The Labute approximate surface area is 83.4 Å². The highest BCUT2D eigenvalue weighted by Gasteiger charge is 2.08. The molecule has 0 spiro atoms. The van der Waals surface area contributed by atoms with Crippen molar-refractivity contribution in [3.63, 3.8) is 0 Å². The number of aryl methyl sites for hydroxylation is 1. The molecule has 1 heterocycles. The third kappa shape index (κ3) is 1.76. The molecule has 1 rings (SSSR count). The van der Waals surface area contributed by atoms with Gasteiger partial charge in [0, 0.05) is 23.0 Å². The molecule has 0 aromatic carbocycles. The van der Waals surface area contributed by atoms with Gasteiger partial charge in [0.25, 0.3) is 0 Å². The zero-order valence-corrected chi connectivity index (χ0v) is 8.83. The smallest absolute Gasteiger partial charge is 0.218 e. The SMILES string of the molecule is CCCc1c(C)c(=O)cc(C)n1C=O. The highest BCUT2D eigenvalue weighted by atomic mass is 16.1. The van der Waals surface area contributed by atoms with Crippen LogP contribution in [0.1, 0.15) is 30.3 Å². The van der Waals surface area contributed by atoms with Gasteiger partial charge < -0.3 is 0 Å². The fourth-order valence-corrected chi connectivity index (χ4v) is 1.59. The molecule has 0 unspecified atom stereocenters. The number of aromatic nitrogens is 1. The van der Waals surface area contributed by atoms with E-state index in [9.17, 15) is 9.59 Å². The lowest BCUT2D eigenvalue weighted by atomic mass is 10.1. The van der Waals surface area contributed by atoms with E-state index in [0.717, 1.165) is 24.9 Å². The summed E-state index contributed by atoms with van der Waals surface area (Å²) < 4.78 is 1.56. The Morgan fingerprint density at radius 3 is 2.57 bits per heavy atom. The molecule has 0 atom stereocenters. The van der Waals surface area contributed by atoms with E-state index in [2.05, 4.69) is 0 Å². The van der Waals surface area contributed by atoms with Crippen LogP contribution in [-0.2, 0) is 11.2 Å². The number of nitrogens with zero attached hydrogens (tertiary/aromatic N) is 1. The van der Waals surface area contributed by atoms with Gasteiger partial charge in [-0.1, -0.05) is 13.3 Å². The first-order valence-electron chi connectivity index (χ1n) is 4.78. The van der Waals surface area contributed by atoms with E-state index in [1.54, 1.807) is 18.4 Å². The van der Waals surface area contributed by atoms with Gasteiger partial charge in [-0.2, -0.15) is 0 Å². The third-order valence-corrected chi connectivity index (χ3v) is 2.41. The van der Waals surface area contributed by atoms with Crippen molar-refractivity contribution in [1.29, 1.82) is 0 Å². The highest BCUT2D eigenvalue weighted by Crippen LogP contribution is 2.08. The third-order valence-electron chi connectivity index (χ3n) is 2.41. The Balaban J connectivity index is 3.47. The molecule has 0 saturated carbocycles. The van der Waals surface area contributed by atoms with Crippen LogP contribution in [-0.4, -0.2) is 11.0 Å². The molecule has 0 amide bonds. The Bertz CT molecular complexity index is 404. The summed E-state index contributed by atoms with van der Waals surface area (Å²) in [5.74, 6) is 0. The van der Waals surface area contributed by atoms with Gasteiger partial charge in [-0.05, 0) is 20.3 Å². The molecule has 76 valence electrons. The fraction of sp³-hybridized carbons (Fsp3) is 0.455.